The molecule has 5 heteroatoms. The minimum absolute atomic E-state index is 0.0470. The van der Waals surface area contributed by atoms with Gasteiger partial charge >= 0.3 is 0 Å². The second kappa shape index (κ2) is 5.84. The second-order valence-corrected chi connectivity index (χ2v) is 4.16. The third-order valence-electron chi connectivity index (χ3n) is 3.15. The van der Waals surface area contributed by atoms with Crippen LogP contribution in [0.25, 0.3) is 0 Å². The number of carbonyl (C=O) groups excluding carboxylic acids is 2. The van der Waals surface area contributed by atoms with Crippen LogP contribution < -0.4 is 10.6 Å². The Kier molecular flexibility index (Phi) is 4.73. The van der Waals surface area contributed by atoms with Crippen LogP contribution in [0.4, 0.5) is 0 Å². The first-order chi connectivity index (χ1) is 7.60. The topological polar surface area (TPSA) is 61.4 Å². The number of nitrogens with zero attached hydrogens (tertiary/aromatic N) is 1. The number of likely N-dealkylation sites (N-methyl/N-ethyl adjacent to an activating group) is 1. The molecule has 1 saturated heterocycles. The lowest BCUT2D eigenvalue weighted by Crippen LogP contribution is -2.59. The van der Waals surface area contributed by atoms with Crippen LogP contribution in [0.15, 0.2) is 0 Å². The summed E-state index contributed by atoms with van der Waals surface area (Å²) in [6.07, 6.45) is 1.91. The van der Waals surface area contributed by atoms with Crippen molar-refractivity contribution in [1.82, 2.24) is 15.5 Å². The van der Waals surface area contributed by atoms with Gasteiger partial charge in [-0.25, -0.2) is 0 Å². The maximum atomic E-state index is 12.1. The van der Waals surface area contributed by atoms with Crippen molar-refractivity contribution in [1.29, 1.82) is 0 Å². The minimum Gasteiger partial charge on any atom is -0.353 e. The summed E-state index contributed by atoms with van der Waals surface area (Å²) < 4.78 is 0. The summed E-state index contributed by atoms with van der Waals surface area (Å²) in [7, 11) is 1.83. The number of amides is 2. The minimum atomic E-state index is -0.275. The Morgan fingerprint density at radius 2 is 2.12 bits per heavy atom. The average Bonchev–Trinajstić information content (AvgIpc) is 2.30. The van der Waals surface area contributed by atoms with Gasteiger partial charge in [-0.2, -0.15) is 0 Å². The molecule has 5 nitrogen and oxygen atoms in total. The molecular formula is C11H21N3O2. The van der Waals surface area contributed by atoms with E-state index in [9.17, 15) is 9.59 Å². The van der Waals surface area contributed by atoms with Crippen molar-refractivity contribution in [2.24, 2.45) is 0 Å². The van der Waals surface area contributed by atoms with Gasteiger partial charge in [-0.05, 0) is 12.8 Å². The fraction of sp³-hybridized carbons (Fsp3) is 0.818. The molecule has 2 amide bonds. The molecule has 1 atom stereocenters. The van der Waals surface area contributed by atoms with E-state index in [0.717, 1.165) is 12.8 Å². The number of hydrogen-bond donors (Lipinski definition) is 2. The molecule has 0 saturated carbocycles. The maximum absolute atomic E-state index is 12.1. The summed E-state index contributed by atoms with van der Waals surface area (Å²) in [6, 6.07) is 0.00947. The molecule has 92 valence electrons. The van der Waals surface area contributed by atoms with Crippen LogP contribution in [-0.4, -0.2) is 48.9 Å². The number of nitrogens with one attached hydrogen (secondary N) is 2. The highest BCUT2D eigenvalue weighted by Crippen LogP contribution is 2.08. The molecule has 0 aromatic rings. The van der Waals surface area contributed by atoms with Gasteiger partial charge in [0.1, 0.15) is 6.04 Å². The fourth-order valence-corrected chi connectivity index (χ4v) is 2.00. The van der Waals surface area contributed by atoms with Gasteiger partial charge in [-0.15, -0.1) is 0 Å². The third-order valence-corrected chi connectivity index (χ3v) is 3.15. The number of rotatable bonds is 4. The molecule has 0 aliphatic carbocycles. The molecule has 0 aromatic carbocycles. The van der Waals surface area contributed by atoms with E-state index in [1.54, 1.807) is 4.90 Å². The van der Waals surface area contributed by atoms with Crippen molar-refractivity contribution in [2.75, 3.05) is 20.1 Å². The molecule has 1 aliphatic rings. The van der Waals surface area contributed by atoms with E-state index < -0.39 is 0 Å². The zero-order chi connectivity index (χ0) is 12.1. The van der Waals surface area contributed by atoms with Gasteiger partial charge in [0.2, 0.25) is 11.8 Å². The van der Waals surface area contributed by atoms with Gasteiger partial charge in [0.05, 0.1) is 6.54 Å². The van der Waals surface area contributed by atoms with Crippen molar-refractivity contribution in [3.63, 3.8) is 0 Å². The first-order valence-electron chi connectivity index (χ1n) is 5.86. The van der Waals surface area contributed by atoms with Gasteiger partial charge in [-0.3, -0.25) is 14.9 Å². The summed E-state index contributed by atoms with van der Waals surface area (Å²) in [6.45, 7) is 4.78. The summed E-state index contributed by atoms with van der Waals surface area (Å²) in [5.41, 5.74) is 0. The lowest BCUT2D eigenvalue weighted by molar-refractivity contribution is -0.135. The summed E-state index contributed by atoms with van der Waals surface area (Å²) >= 11 is 0. The maximum Gasteiger partial charge on any atom is 0.241 e. The Labute approximate surface area is 96.6 Å². The van der Waals surface area contributed by atoms with Gasteiger partial charge in [-0.1, -0.05) is 13.8 Å². The average molecular weight is 227 g/mol. The number of piperazine rings is 1. The molecule has 0 aromatic heterocycles. The Morgan fingerprint density at radius 3 is 2.56 bits per heavy atom. The van der Waals surface area contributed by atoms with Crippen LogP contribution in [0.1, 0.15) is 26.7 Å². The summed E-state index contributed by atoms with van der Waals surface area (Å²) in [5, 5.41) is 5.64. The molecule has 1 heterocycles. The molecular weight excluding hydrogens is 206 g/mol. The van der Waals surface area contributed by atoms with Crippen molar-refractivity contribution in [3.8, 4) is 0 Å². The van der Waals surface area contributed by atoms with Crippen LogP contribution in [0, 0.1) is 0 Å². The van der Waals surface area contributed by atoms with Crippen LogP contribution >= 0.6 is 0 Å². The van der Waals surface area contributed by atoms with E-state index in [-0.39, 0.29) is 30.4 Å². The smallest absolute Gasteiger partial charge is 0.241 e. The first-order valence-corrected chi connectivity index (χ1v) is 5.86. The van der Waals surface area contributed by atoms with Gasteiger partial charge in [0.15, 0.2) is 0 Å². The molecule has 0 spiro atoms. The molecule has 1 rings (SSSR count). The zero-order valence-electron chi connectivity index (χ0n) is 10.2. The van der Waals surface area contributed by atoms with Crippen molar-refractivity contribution in [3.05, 3.63) is 0 Å². The van der Waals surface area contributed by atoms with Gasteiger partial charge < -0.3 is 10.2 Å². The number of hydrogen-bond acceptors (Lipinski definition) is 3. The standard InChI is InChI=1S/C11H21N3O2/c1-4-8(5-2)14(3)11(16)9-6-13-10(15)7-12-9/h8-9,12H,4-7H2,1-3H3,(H,13,15). The fourth-order valence-electron chi connectivity index (χ4n) is 2.00. The van der Waals surface area contributed by atoms with E-state index in [0.29, 0.717) is 6.54 Å². The lowest BCUT2D eigenvalue weighted by Gasteiger charge is -2.32. The molecule has 1 fully saturated rings. The molecule has 0 bridgehead atoms. The van der Waals surface area contributed by atoms with Crippen molar-refractivity contribution < 1.29 is 9.59 Å². The largest absolute Gasteiger partial charge is 0.353 e. The zero-order valence-corrected chi connectivity index (χ0v) is 10.2. The van der Waals surface area contributed by atoms with Crippen molar-refractivity contribution in [2.45, 2.75) is 38.8 Å². The quantitative estimate of drug-likeness (QED) is 0.694. The summed E-state index contributed by atoms with van der Waals surface area (Å²) in [4.78, 5) is 24.8. The second-order valence-electron chi connectivity index (χ2n) is 4.16. The number of carbonyl (C=O) groups is 2. The Balaban J connectivity index is 2.53. The molecule has 1 unspecified atom stereocenters. The molecule has 16 heavy (non-hydrogen) atoms. The molecule has 1 aliphatic heterocycles. The summed E-state index contributed by atoms with van der Waals surface area (Å²) in [5.74, 6) is 0.0166. The Morgan fingerprint density at radius 1 is 1.50 bits per heavy atom. The van der Waals surface area contributed by atoms with E-state index in [1.807, 2.05) is 7.05 Å². The van der Waals surface area contributed by atoms with Crippen LogP contribution in [0.5, 0.6) is 0 Å². The van der Waals surface area contributed by atoms with E-state index in [2.05, 4.69) is 24.5 Å². The Bertz CT molecular complexity index is 254. The highest BCUT2D eigenvalue weighted by molar-refractivity contribution is 5.86. The third kappa shape index (κ3) is 2.95. The predicted octanol–water partition coefficient (Wildman–Crippen LogP) is -0.279. The highest BCUT2D eigenvalue weighted by atomic mass is 16.2. The monoisotopic (exact) mass is 227 g/mol. The van der Waals surface area contributed by atoms with E-state index >= 15 is 0 Å². The first kappa shape index (κ1) is 13.0. The van der Waals surface area contributed by atoms with Crippen LogP contribution in [-0.2, 0) is 9.59 Å². The van der Waals surface area contributed by atoms with Gasteiger partial charge in [0.25, 0.3) is 0 Å². The van der Waals surface area contributed by atoms with Crippen LogP contribution in [0.2, 0.25) is 0 Å². The SMILES string of the molecule is CCC(CC)N(C)C(=O)C1CNC(=O)CN1. The molecule has 2 N–H and O–H groups in total. The van der Waals surface area contributed by atoms with E-state index in [4.69, 9.17) is 0 Å². The van der Waals surface area contributed by atoms with E-state index in [1.165, 1.54) is 0 Å². The normalized spacial score (nSPS) is 20.8. The van der Waals surface area contributed by atoms with Crippen molar-refractivity contribution >= 4 is 11.8 Å². The van der Waals surface area contributed by atoms with Gasteiger partial charge in [0, 0.05) is 19.6 Å². The van der Waals surface area contributed by atoms with Crippen LogP contribution in [0.3, 0.4) is 0 Å². The molecule has 0 radical (unpaired) electrons. The lowest BCUT2D eigenvalue weighted by atomic mass is 10.1. The Hall–Kier alpha value is -1.10. The highest BCUT2D eigenvalue weighted by Gasteiger charge is 2.28. The predicted molar refractivity (Wildman–Crippen MR) is 61.9 cm³/mol.